The minimum atomic E-state index is 0.0491. The maximum absolute atomic E-state index is 6.13. The van der Waals surface area contributed by atoms with E-state index in [1.54, 1.807) is 0 Å². The van der Waals surface area contributed by atoms with Crippen LogP contribution in [0.5, 0.6) is 5.75 Å². The summed E-state index contributed by atoms with van der Waals surface area (Å²) >= 11 is 0. The van der Waals surface area contributed by atoms with Crippen LogP contribution < -0.4 is 10.5 Å². The number of nitrogen functional groups attached to an aromatic ring is 1. The summed E-state index contributed by atoms with van der Waals surface area (Å²) in [6.07, 6.45) is 7.51. The molecule has 2 aliphatic rings. The molecule has 1 unspecified atom stereocenters. The second-order valence-corrected chi connectivity index (χ2v) is 6.11. The van der Waals surface area contributed by atoms with Crippen LogP contribution in [0.15, 0.2) is 23.2 Å². The van der Waals surface area contributed by atoms with Crippen molar-refractivity contribution in [2.45, 2.75) is 57.6 Å². The molecule has 114 valence electrons. The van der Waals surface area contributed by atoms with Crippen molar-refractivity contribution in [3.05, 3.63) is 18.2 Å². The van der Waals surface area contributed by atoms with Crippen LogP contribution in [0.4, 0.5) is 11.4 Å². The molecule has 1 aromatic rings. The van der Waals surface area contributed by atoms with Crippen molar-refractivity contribution in [2.75, 3.05) is 12.8 Å². The molecule has 1 saturated carbocycles. The number of benzene rings is 1. The van der Waals surface area contributed by atoms with Crippen LogP contribution in [0, 0.1) is 0 Å². The molecule has 0 aromatic heterocycles. The molecule has 4 nitrogen and oxygen atoms in total. The molecule has 0 spiro atoms. The Hall–Kier alpha value is -1.71. The lowest BCUT2D eigenvalue weighted by atomic mass is 9.94. The van der Waals surface area contributed by atoms with Gasteiger partial charge >= 0.3 is 0 Å². The topological polar surface area (TPSA) is 50.9 Å². The normalized spacial score (nSPS) is 22.2. The van der Waals surface area contributed by atoms with E-state index in [1.165, 1.54) is 32.1 Å². The van der Waals surface area contributed by atoms with E-state index in [1.807, 2.05) is 18.2 Å². The first-order valence-corrected chi connectivity index (χ1v) is 8.06. The van der Waals surface area contributed by atoms with E-state index in [0.717, 1.165) is 29.4 Å². The van der Waals surface area contributed by atoms with E-state index in [0.29, 0.717) is 6.04 Å². The van der Waals surface area contributed by atoms with Gasteiger partial charge in [-0.2, -0.15) is 0 Å². The highest BCUT2D eigenvalue weighted by atomic mass is 16.5. The molecule has 0 radical (unpaired) electrons. The number of fused-ring (bicyclic) bond motifs is 1. The van der Waals surface area contributed by atoms with Crippen molar-refractivity contribution >= 4 is 17.2 Å². The third-order valence-corrected chi connectivity index (χ3v) is 4.63. The van der Waals surface area contributed by atoms with E-state index in [-0.39, 0.29) is 6.10 Å². The maximum atomic E-state index is 6.13. The van der Waals surface area contributed by atoms with Crippen LogP contribution in [0.1, 0.15) is 45.4 Å². The molecule has 0 amide bonds. The van der Waals surface area contributed by atoms with Crippen molar-refractivity contribution in [1.29, 1.82) is 0 Å². The van der Waals surface area contributed by atoms with Crippen molar-refractivity contribution in [3.63, 3.8) is 0 Å². The van der Waals surface area contributed by atoms with Gasteiger partial charge in [-0.25, -0.2) is 4.99 Å². The first kappa shape index (κ1) is 14.2. The van der Waals surface area contributed by atoms with Gasteiger partial charge in [0.05, 0.1) is 0 Å². The third-order valence-electron chi connectivity index (χ3n) is 4.63. The summed E-state index contributed by atoms with van der Waals surface area (Å²) in [5, 5.41) is 0. The van der Waals surface area contributed by atoms with E-state index >= 15 is 0 Å². The molecule has 21 heavy (non-hydrogen) atoms. The maximum Gasteiger partial charge on any atom is 0.156 e. The van der Waals surface area contributed by atoms with Crippen LogP contribution in [0.2, 0.25) is 0 Å². The number of nitrogens with two attached hydrogens (primary N) is 1. The molecular weight excluding hydrogens is 262 g/mol. The first-order chi connectivity index (χ1) is 10.2. The van der Waals surface area contributed by atoms with Gasteiger partial charge in [0.2, 0.25) is 0 Å². The predicted octanol–water partition coefficient (Wildman–Crippen LogP) is 3.73. The van der Waals surface area contributed by atoms with Crippen LogP contribution in [-0.2, 0) is 0 Å². The zero-order valence-corrected chi connectivity index (χ0v) is 13.0. The number of rotatable bonds is 2. The number of amidine groups is 1. The lowest BCUT2D eigenvalue weighted by Crippen LogP contribution is -2.46. The number of ether oxygens (including phenoxy) is 1. The Kier molecular flexibility index (Phi) is 4.04. The first-order valence-electron chi connectivity index (χ1n) is 8.06. The summed E-state index contributed by atoms with van der Waals surface area (Å²) in [7, 11) is 2.16. The fourth-order valence-corrected chi connectivity index (χ4v) is 3.35. The summed E-state index contributed by atoms with van der Waals surface area (Å²) in [5.41, 5.74) is 7.47. The van der Waals surface area contributed by atoms with Gasteiger partial charge in [0.15, 0.2) is 6.10 Å². The lowest BCUT2D eigenvalue weighted by molar-refractivity contribution is 0.210. The van der Waals surface area contributed by atoms with Gasteiger partial charge in [0.1, 0.15) is 17.3 Å². The van der Waals surface area contributed by atoms with Crippen LogP contribution in [0.3, 0.4) is 0 Å². The van der Waals surface area contributed by atoms with Crippen molar-refractivity contribution in [3.8, 4) is 5.75 Å². The number of nitrogens with zero attached hydrogens (tertiary/aromatic N) is 2. The monoisotopic (exact) mass is 287 g/mol. The molecule has 0 bridgehead atoms. The summed E-state index contributed by atoms with van der Waals surface area (Å²) < 4.78 is 6.13. The molecule has 1 heterocycles. The highest BCUT2D eigenvalue weighted by Gasteiger charge is 2.30. The Bertz CT molecular complexity index is 535. The second kappa shape index (κ2) is 5.96. The van der Waals surface area contributed by atoms with Gasteiger partial charge in [-0.05, 0) is 37.5 Å². The summed E-state index contributed by atoms with van der Waals surface area (Å²) in [6, 6.07) is 6.29. The summed E-state index contributed by atoms with van der Waals surface area (Å²) in [4.78, 5) is 7.22. The largest absolute Gasteiger partial charge is 0.480 e. The van der Waals surface area contributed by atoms with Gasteiger partial charge in [-0.3, -0.25) is 0 Å². The quantitative estimate of drug-likeness (QED) is 0.843. The minimum Gasteiger partial charge on any atom is -0.480 e. The Morgan fingerprint density at radius 2 is 2.05 bits per heavy atom. The van der Waals surface area contributed by atoms with Gasteiger partial charge < -0.3 is 15.4 Å². The third kappa shape index (κ3) is 2.85. The Balaban J connectivity index is 1.90. The zero-order chi connectivity index (χ0) is 14.8. The fraction of sp³-hybridized carbons (Fsp3) is 0.588. The fourth-order valence-electron chi connectivity index (χ4n) is 3.35. The molecule has 1 aliphatic heterocycles. The number of aliphatic imine (C=N–C) groups is 1. The lowest BCUT2D eigenvalue weighted by Gasteiger charge is -2.38. The molecule has 3 rings (SSSR count). The average molecular weight is 287 g/mol. The minimum absolute atomic E-state index is 0.0491. The number of anilines is 1. The number of hydrogen-bond donors (Lipinski definition) is 1. The van der Waals surface area contributed by atoms with Gasteiger partial charge in [-0.1, -0.05) is 26.2 Å². The van der Waals surface area contributed by atoms with Crippen molar-refractivity contribution < 1.29 is 4.74 Å². The summed E-state index contributed by atoms with van der Waals surface area (Å²) in [6.45, 7) is 2.15. The standard InChI is InChI=1S/C17H25N3O/c1-3-15-17(20(2)13-7-5-4-6-8-13)19-14-11-12(18)9-10-16(14)21-15/h9-11,13,15H,3-8,18H2,1-2H3. The van der Waals surface area contributed by atoms with Crippen molar-refractivity contribution in [1.82, 2.24) is 4.90 Å². The van der Waals surface area contributed by atoms with Gasteiger partial charge in [0, 0.05) is 18.8 Å². The Labute approximate surface area is 127 Å². The molecule has 1 fully saturated rings. The SMILES string of the molecule is CCC1Oc2ccc(N)cc2N=C1N(C)C1CCCCC1. The molecule has 4 heteroatoms. The molecule has 1 aliphatic carbocycles. The van der Waals surface area contributed by atoms with Crippen molar-refractivity contribution in [2.24, 2.45) is 4.99 Å². The molecule has 2 N–H and O–H groups in total. The second-order valence-electron chi connectivity index (χ2n) is 6.11. The zero-order valence-electron chi connectivity index (χ0n) is 13.0. The Morgan fingerprint density at radius 1 is 1.29 bits per heavy atom. The predicted molar refractivity (Wildman–Crippen MR) is 87.3 cm³/mol. The number of likely N-dealkylation sites (N-methyl/N-ethyl adjacent to an activating group) is 1. The molecule has 1 atom stereocenters. The van der Waals surface area contributed by atoms with E-state index in [9.17, 15) is 0 Å². The van der Waals surface area contributed by atoms with E-state index in [4.69, 9.17) is 15.5 Å². The van der Waals surface area contributed by atoms with Gasteiger partial charge in [0.25, 0.3) is 0 Å². The smallest absolute Gasteiger partial charge is 0.156 e. The van der Waals surface area contributed by atoms with E-state index in [2.05, 4.69) is 18.9 Å². The highest BCUT2D eigenvalue weighted by molar-refractivity contribution is 5.92. The molecular formula is C17H25N3O. The average Bonchev–Trinajstić information content (AvgIpc) is 2.53. The van der Waals surface area contributed by atoms with Crippen LogP contribution in [0.25, 0.3) is 0 Å². The molecule has 0 saturated heterocycles. The Morgan fingerprint density at radius 3 is 2.76 bits per heavy atom. The van der Waals surface area contributed by atoms with Crippen LogP contribution in [-0.4, -0.2) is 29.9 Å². The van der Waals surface area contributed by atoms with Gasteiger partial charge in [-0.15, -0.1) is 0 Å². The summed E-state index contributed by atoms with van der Waals surface area (Å²) in [5.74, 6) is 1.90. The highest BCUT2D eigenvalue weighted by Crippen LogP contribution is 2.36. The number of hydrogen-bond acceptors (Lipinski definition) is 4. The molecule has 1 aromatic carbocycles. The van der Waals surface area contributed by atoms with E-state index < -0.39 is 0 Å². The van der Waals surface area contributed by atoms with Crippen LogP contribution >= 0.6 is 0 Å².